The minimum atomic E-state index is 0.0444. The van der Waals surface area contributed by atoms with Crippen molar-refractivity contribution in [2.24, 2.45) is 0 Å². The average Bonchev–Trinajstić information content (AvgIpc) is 3.29. The Labute approximate surface area is 147 Å². The van der Waals surface area contributed by atoms with E-state index in [9.17, 15) is 4.79 Å². The molecule has 1 atom stereocenters. The molecule has 0 saturated carbocycles. The first-order chi connectivity index (χ1) is 12.3. The topological polar surface area (TPSA) is 55.6 Å². The van der Waals surface area contributed by atoms with Gasteiger partial charge in [0.05, 0.1) is 7.11 Å². The lowest BCUT2D eigenvalue weighted by Gasteiger charge is -2.24. The number of likely N-dealkylation sites (tertiary alicyclic amines) is 1. The van der Waals surface area contributed by atoms with Crippen molar-refractivity contribution < 1.29 is 14.1 Å². The summed E-state index contributed by atoms with van der Waals surface area (Å²) in [6.45, 7) is 0.807. The SMILES string of the molecule is COc1ccc(CC2CCCN2C(=O)c2noc3c2CCCC3)cc1. The lowest BCUT2D eigenvalue weighted by atomic mass is 9.96. The highest BCUT2D eigenvalue weighted by molar-refractivity contribution is 5.94. The van der Waals surface area contributed by atoms with Crippen LogP contribution in [0.25, 0.3) is 0 Å². The molecule has 0 spiro atoms. The number of hydrogen-bond donors (Lipinski definition) is 0. The third-order valence-corrected chi connectivity index (χ3v) is 5.42. The maximum absolute atomic E-state index is 13.1. The molecule has 4 rings (SSSR count). The standard InChI is InChI=1S/C20H24N2O3/c1-24-16-10-8-14(9-11-16)13-15-5-4-12-22(15)20(23)19-17-6-2-3-7-18(17)25-21-19/h8-11,15H,2-7,12-13H2,1H3. The second kappa shape index (κ2) is 6.90. The van der Waals surface area contributed by atoms with E-state index in [1.165, 1.54) is 5.56 Å². The molecule has 1 saturated heterocycles. The van der Waals surface area contributed by atoms with E-state index in [2.05, 4.69) is 17.3 Å². The lowest BCUT2D eigenvalue weighted by molar-refractivity contribution is 0.0725. The zero-order valence-electron chi connectivity index (χ0n) is 14.7. The number of benzene rings is 1. The summed E-state index contributed by atoms with van der Waals surface area (Å²) in [4.78, 5) is 15.1. The zero-order valence-corrected chi connectivity index (χ0v) is 14.7. The predicted molar refractivity (Wildman–Crippen MR) is 93.9 cm³/mol. The number of nitrogens with zero attached hydrogens (tertiary/aromatic N) is 2. The molecular weight excluding hydrogens is 316 g/mol. The minimum Gasteiger partial charge on any atom is -0.497 e. The molecule has 0 bridgehead atoms. The normalized spacial score (nSPS) is 19.7. The number of hydrogen-bond acceptors (Lipinski definition) is 4. The molecule has 2 aliphatic rings. The van der Waals surface area contributed by atoms with Gasteiger partial charge < -0.3 is 14.2 Å². The molecular formula is C20H24N2O3. The Bertz CT molecular complexity index is 751. The fourth-order valence-corrected chi connectivity index (χ4v) is 4.04. The molecule has 25 heavy (non-hydrogen) atoms. The summed E-state index contributed by atoms with van der Waals surface area (Å²) in [7, 11) is 1.67. The number of carbonyl (C=O) groups is 1. The highest BCUT2D eigenvalue weighted by atomic mass is 16.5. The Hall–Kier alpha value is -2.30. The number of rotatable bonds is 4. The Morgan fingerprint density at radius 2 is 2.04 bits per heavy atom. The van der Waals surface area contributed by atoms with Crippen LogP contribution in [0, 0.1) is 0 Å². The number of fused-ring (bicyclic) bond motifs is 1. The van der Waals surface area contributed by atoms with Crippen LogP contribution in [0.1, 0.15) is 53.1 Å². The lowest BCUT2D eigenvalue weighted by Crippen LogP contribution is -2.37. The number of ether oxygens (including phenoxy) is 1. The van der Waals surface area contributed by atoms with Crippen molar-refractivity contribution in [2.45, 2.75) is 51.0 Å². The number of carbonyl (C=O) groups excluding carboxylic acids is 1. The van der Waals surface area contributed by atoms with Crippen LogP contribution < -0.4 is 4.74 Å². The van der Waals surface area contributed by atoms with E-state index < -0.39 is 0 Å². The molecule has 1 aliphatic heterocycles. The van der Waals surface area contributed by atoms with Gasteiger partial charge in [-0.15, -0.1) is 0 Å². The van der Waals surface area contributed by atoms with Crippen LogP contribution in [0.5, 0.6) is 5.75 Å². The molecule has 1 aromatic carbocycles. The van der Waals surface area contributed by atoms with E-state index in [1.807, 2.05) is 17.0 Å². The van der Waals surface area contributed by atoms with E-state index in [0.29, 0.717) is 5.69 Å². The predicted octanol–water partition coefficient (Wildman–Crippen LogP) is 3.41. The van der Waals surface area contributed by atoms with Crippen molar-refractivity contribution in [1.29, 1.82) is 0 Å². The molecule has 1 aliphatic carbocycles. The first-order valence-electron chi connectivity index (χ1n) is 9.17. The summed E-state index contributed by atoms with van der Waals surface area (Å²) < 4.78 is 10.7. The second-order valence-electron chi connectivity index (χ2n) is 6.99. The number of aromatic nitrogens is 1. The smallest absolute Gasteiger partial charge is 0.276 e. The molecule has 1 fully saturated rings. The van der Waals surface area contributed by atoms with Crippen LogP contribution in [0.15, 0.2) is 28.8 Å². The molecule has 132 valence electrons. The molecule has 1 amide bonds. The van der Waals surface area contributed by atoms with Crippen LogP contribution in [-0.4, -0.2) is 35.7 Å². The fourth-order valence-electron chi connectivity index (χ4n) is 4.04. The van der Waals surface area contributed by atoms with Crippen LogP contribution in [0.4, 0.5) is 0 Å². The van der Waals surface area contributed by atoms with Crippen molar-refractivity contribution in [3.05, 3.63) is 46.8 Å². The van der Waals surface area contributed by atoms with Gasteiger partial charge in [-0.25, -0.2) is 0 Å². The highest BCUT2D eigenvalue weighted by Gasteiger charge is 2.33. The van der Waals surface area contributed by atoms with Gasteiger partial charge in [0.1, 0.15) is 11.5 Å². The van der Waals surface area contributed by atoms with E-state index >= 15 is 0 Å². The number of methoxy groups -OCH3 is 1. The molecule has 5 nitrogen and oxygen atoms in total. The van der Waals surface area contributed by atoms with Gasteiger partial charge in [-0.2, -0.15) is 0 Å². The third kappa shape index (κ3) is 3.15. The number of aryl methyl sites for hydroxylation is 1. The average molecular weight is 340 g/mol. The quantitative estimate of drug-likeness (QED) is 0.856. The van der Waals surface area contributed by atoms with E-state index in [1.54, 1.807) is 7.11 Å². The van der Waals surface area contributed by atoms with Gasteiger partial charge in [0.15, 0.2) is 5.69 Å². The van der Waals surface area contributed by atoms with Gasteiger partial charge in [-0.05, 0) is 56.2 Å². The van der Waals surface area contributed by atoms with Crippen molar-refractivity contribution in [2.75, 3.05) is 13.7 Å². The molecule has 5 heteroatoms. The first kappa shape index (κ1) is 16.2. The molecule has 0 radical (unpaired) electrons. The van der Waals surface area contributed by atoms with E-state index in [0.717, 1.165) is 68.6 Å². The van der Waals surface area contributed by atoms with Crippen LogP contribution in [-0.2, 0) is 19.3 Å². The molecule has 2 heterocycles. The van der Waals surface area contributed by atoms with E-state index in [4.69, 9.17) is 9.26 Å². The Kier molecular flexibility index (Phi) is 4.47. The monoisotopic (exact) mass is 340 g/mol. The summed E-state index contributed by atoms with van der Waals surface area (Å²) in [5.41, 5.74) is 2.83. The maximum atomic E-state index is 13.1. The van der Waals surface area contributed by atoms with Gasteiger partial charge in [-0.1, -0.05) is 17.3 Å². The fraction of sp³-hybridized carbons (Fsp3) is 0.500. The summed E-state index contributed by atoms with van der Waals surface area (Å²) in [6.07, 6.45) is 7.02. The second-order valence-corrected chi connectivity index (χ2v) is 6.99. The van der Waals surface area contributed by atoms with Crippen molar-refractivity contribution in [3.63, 3.8) is 0 Å². The van der Waals surface area contributed by atoms with Gasteiger partial charge in [0.2, 0.25) is 0 Å². The third-order valence-electron chi connectivity index (χ3n) is 5.42. The van der Waals surface area contributed by atoms with Crippen LogP contribution >= 0.6 is 0 Å². The highest BCUT2D eigenvalue weighted by Crippen LogP contribution is 2.28. The maximum Gasteiger partial charge on any atom is 0.276 e. The molecule has 1 unspecified atom stereocenters. The molecule has 1 aromatic heterocycles. The first-order valence-corrected chi connectivity index (χ1v) is 9.17. The summed E-state index contributed by atoms with van der Waals surface area (Å²) >= 11 is 0. The van der Waals surface area contributed by atoms with Gasteiger partial charge in [0.25, 0.3) is 5.91 Å². The summed E-state index contributed by atoms with van der Waals surface area (Å²) in [6, 6.07) is 8.35. The Morgan fingerprint density at radius 1 is 1.24 bits per heavy atom. The van der Waals surface area contributed by atoms with Crippen molar-refractivity contribution in [1.82, 2.24) is 10.1 Å². The molecule has 2 aromatic rings. The minimum absolute atomic E-state index is 0.0444. The van der Waals surface area contributed by atoms with Crippen molar-refractivity contribution >= 4 is 5.91 Å². The van der Waals surface area contributed by atoms with Gasteiger partial charge >= 0.3 is 0 Å². The van der Waals surface area contributed by atoms with Gasteiger partial charge in [0, 0.05) is 24.6 Å². The van der Waals surface area contributed by atoms with Crippen LogP contribution in [0.2, 0.25) is 0 Å². The largest absolute Gasteiger partial charge is 0.497 e. The summed E-state index contributed by atoms with van der Waals surface area (Å²) in [5, 5.41) is 4.12. The number of amides is 1. The zero-order chi connectivity index (χ0) is 17.2. The van der Waals surface area contributed by atoms with Crippen molar-refractivity contribution in [3.8, 4) is 5.75 Å². The molecule has 0 N–H and O–H groups in total. The van der Waals surface area contributed by atoms with Crippen LogP contribution in [0.3, 0.4) is 0 Å². The van der Waals surface area contributed by atoms with Gasteiger partial charge in [-0.3, -0.25) is 4.79 Å². The Morgan fingerprint density at radius 3 is 2.84 bits per heavy atom. The summed E-state index contributed by atoms with van der Waals surface area (Å²) in [5.74, 6) is 1.82. The Balaban J connectivity index is 1.50. The van der Waals surface area contributed by atoms with E-state index in [-0.39, 0.29) is 11.9 Å².